The van der Waals surface area contributed by atoms with Crippen molar-refractivity contribution in [3.63, 3.8) is 0 Å². The number of carbonyl (C=O) groups is 2. The van der Waals surface area contributed by atoms with Crippen LogP contribution in [0.1, 0.15) is 29.2 Å². The average Bonchev–Trinajstić information content (AvgIpc) is 3.24. The molecule has 4 rings (SSSR count). The van der Waals surface area contributed by atoms with Gasteiger partial charge in [-0.05, 0) is 79.7 Å². The number of nitriles is 1. The number of carbonyl (C=O) groups excluding carboxylic acids is 2. The van der Waals surface area contributed by atoms with E-state index < -0.39 is 11.9 Å². The fourth-order valence-corrected chi connectivity index (χ4v) is 4.90. The Balaban J connectivity index is 1.77. The lowest BCUT2D eigenvalue weighted by molar-refractivity contribution is -0.140. The molecule has 43 heavy (non-hydrogen) atoms. The molecule has 3 aromatic rings. The third kappa shape index (κ3) is 6.85. The minimum Gasteiger partial charge on any atom is -0.497 e. The molecule has 0 N–H and O–H groups in total. The van der Waals surface area contributed by atoms with E-state index in [-0.39, 0.29) is 24.0 Å². The number of allylic oxidation sites excluding steroid dienone is 1. The van der Waals surface area contributed by atoms with Gasteiger partial charge in [0.25, 0.3) is 5.91 Å². The summed E-state index contributed by atoms with van der Waals surface area (Å²) in [7, 11) is 2.83. The van der Waals surface area contributed by atoms with Gasteiger partial charge in [-0.3, -0.25) is 14.5 Å². The van der Waals surface area contributed by atoms with Crippen LogP contribution in [-0.4, -0.2) is 49.3 Å². The summed E-state index contributed by atoms with van der Waals surface area (Å²) in [6.07, 6.45) is 3.84. The lowest BCUT2D eigenvalue weighted by Gasteiger charge is -2.19. The number of benzene rings is 3. The van der Waals surface area contributed by atoms with E-state index >= 15 is 0 Å². The Morgan fingerprint density at radius 1 is 1.07 bits per heavy atom. The number of amides is 1. The summed E-state index contributed by atoms with van der Waals surface area (Å²) < 4.78 is 22.3. The van der Waals surface area contributed by atoms with Crippen molar-refractivity contribution in [1.82, 2.24) is 4.90 Å². The first-order valence-corrected chi connectivity index (χ1v) is 13.9. The summed E-state index contributed by atoms with van der Waals surface area (Å²) in [6.45, 7) is 6.01. The van der Waals surface area contributed by atoms with E-state index in [1.807, 2.05) is 25.1 Å². The molecule has 0 spiro atoms. The molecule has 9 nitrogen and oxygen atoms in total. The van der Waals surface area contributed by atoms with Crippen molar-refractivity contribution in [3.8, 4) is 23.3 Å². The summed E-state index contributed by atoms with van der Waals surface area (Å²) in [5.41, 5.74) is 3.37. The molecule has 10 heteroatoms. The maximum absolute atomic E-state index is 13.8. The zero-order chi connectivity index (χ0) is 30.9. The Morgan fingerprint density at radius 3 is 2.47 bits per heavy atom. The minimum atomic E-state index is -0.554. The fourth-order valence-electron chi connectivity index (χ4n) is 4.55. The van der Waals surface area contributed by atoms with Crippen LogP contribution in [0.2, 0.25) is 0 Å². The van der Waals surface area contributed by atoms with Crippen LogP contribution in [0.5, 0.6) is 17.2 Å². The molecular formula is C33H31N3O6S. The predicted octanol–water partition coefficient (Wildman–Crippen LogP) is 5.42. The van der Waals surface area contributed by atoms with Crippen LogP contribution >= 0.6 is 12.2 Å². The molecule has 1 saturated heterocycles. The molecule has 1 amide bonds. The SMILES string of the molecule is C=CCc1cc(/C=C2/C(=O)N(c3ccc(OC)cc3)C(=S)N2CC(=O)OC)cc(OCC)c1OCc1ccccc1C#N. The van der Waals surface area contributed by atoms with E-state index in [0.717, 1.165) is 11.1 Å². The monoisotopic (exact) mass is 597 g/mol. The van der Waals surface area contributed by atoms with Gasteiger partial charge in [0.1, 0.15) is 24.6 Å². The van der Waals surface area contributed by atoms with Crippen LogP contribution in [-0.2, 0) is 27.4 Å². The largest absolute Gasteiger partial charge is 0.497 e. The second kappa shape index (κ2) is 14.2. The summed E-state index contributed by atoms with van der Waals surface area (Å²) >= 11 is 5.67. The zero-order valence-electron chi connectivity index (χ0n) is 24.2. The number of esters is 1. The number of methoxy groups -OCH3 is 2. The highest BCUT2D eigenvalue weighted by molar-refractivity contribution is 7.80. The number of rotatable bonds is 12. The van der Waals surface area contributed by atoms with Crippen molar-refractivity contribution >= 4 is 41.0 Å². The predicted molar refractivity (Wildman–Crippen MR) is 167 cm³/mol. The van der Waals surface area contributed by atoms with Gasteiger partial charge in [0.2, 0.25) is 0 Å². The van der Waals surface area contributed by atoms with Crippen LogP contribution in [0.4, 0.5) is 5.69 Å². The van der Waals surface area contributed by atoms with Crippen molar-refractivity contribution in [1.29, 1.82) is 5.26 Å². The molecule has 0 aliphatic carbocycles. The summed E-state index contributed by atoms with van der Waals surface area (Å²) in [5.74, 6) is 0.635. The molecule has 0 unspecified atom stereocenters. The van der Waals surface area contributed by atoms with E-state index in [1.54, 1.807) is 61.7 Å². The Bertz CT molecular complexity index is 1610. The van der Waals surface area contributed by atoms with Gasteiger partial charge in [0.15, 0.2) is 16.6 Å². The summed E-state index contributed by atoms with van der Waals surface area (Å²) in [5, 5.41) is 9.62. The van der Waals surface area contributed by atoms with Crippen LogP contribution in [0, 0.1) is 11.3 Å². The molecule has 1 aliphatic heterocycles. The van der Waals surface area contributed by atoms with Crippen molar-refractivity contribution in [2.45, 2.75) is 20.0 Å². The van der Waals surface area contributed by atoms with Gasteiger partial charge in [-0.15, -0.1) is 6.58 Å². The number of ether oxygens (including phenoxy) is 4. The second-order valence-corrected chi connectivity index (χ2v) is 9.67. The van der Waals surface area contributed by atoms with Crippen molar-refractivity contribution in [3.05, 3.63) is 101 Å². The third-order valence-electron chi connectivity index (χ3n) is 6.61. The first-order chi connectivity index (χ1) is 20.8. The maximum Gasteiger partial charge on any atom is 0.325 e. The first-order valence-electron chi connectivity index (χ1n) is 13.4. The molecule has 1 heterocycles. The molecule has 0 atom stereocenters. The second-order valence-electron chi connectivity index (χ2n) is 9.30. The van der Waals surface area contributed by atoms with Gasteiger partial charge in [0.05, 0.1) is 38.1 Å². The standard InChI is InChI=1S/C33H31N3O6S/c1-5-9-23-16-22(18-29(41-6-2)31(23)42-21-25-11-8-7-10-24(25)19-34)17-28-32(38)36(26-12-14-27(39-3)15-13-26)33(43)35(28)20-30(37)40-4/h5,7-8,10-18H,1,6,9,20-21H2,2-4H3/b28-17-. The molecule has 220 valence electrons. The molecule has 1 fully saturated rings. The van der Waals surface area contributed by atoms with Gasteiger partial charge in [0, 0.05) is 11.1 Å². The maximum atomic E-state index is 13.8. The first kappa shape index (κ1) is 30.8. The average molecular weight is 598 g/mol. The van der Waals surface area contributed by atoms with Crippen LogP contribution in [0.3, 0.4) is 0 Å². The molecule has 1 aliphatic rings. The smallest absolute Gasteiger partial charge is 0.325 e. The normalized spacial score (nSPS) is 13.6. The third-order valence-corrected chi connectivity index (χ3v) is 7.02. The number of anilines is 1. The van der Waals surface area contributed by atoms with E-state index in [1.165, 1.54) is 16.9 Å². The van der Waals surface area contributed by atoms with Gasteiger partial charge < -0.3 is 23.8 Å². The Hall–Kier alpha value is -5.14. The van der Waals surface area contributed by atoms with E-state index in [9.17, 15) is 14.9 Å². The lowest BCUT2D eigenvalue weighted by Crippen LogP contribution is -2.35. The lowest BCUT2D eigenvalue weighted by atomic mass is 10.0. The van der Waals surface area contributed by atoms with E-state index in [2.05, 4.69) is 12.6 Å². The van der Waals surface area contributed by atoms with Crippen LogP contribution in [0.15, 0.2) is 79.0 Å². The molecule has 0 saturated carbocycles. The number of hydrogen-bond acceptors (Lipinski definition) is 8. The Kier molecular flexibility index (Phi) is 10.1. The number of thiocarbonyl (C=S) groups is 1. The van der Waals surface area contributed by atoms with E-state index in [0.29, 0.717) is 47.1 Å². The van der Waals surface area contributed by atoms with Crippen LogP contribution in [0.25, 0.3) is 6.08 Å². The zero-order valence-corrected chi connectivity index (χ0v) is 25.0. The Morgan fingerprint density at radius 2 is 1.81 bits per heavy atom. The van der Waals surface area contributed by atoms with Crippen molar-refractivity contribution in [2.75, 3.05) is 32.3 Å². The Labute approximate surface area is 256 Å². The molecule has 0 bridgehead atoms. The van der Waals surface area contributed by atoms with Crippen LogP contribution < -0.4 is 19.1 Å². The quantitative estimate of drug-likeness (QED) is 0.117. The molecule has 0 radical (unpaired) electrons. The highest BCUT2D eigenvalue weighted by atomic mass is 32.1. The van der Waals surface area contributed by atoms with Gasteiger partial charge in [-0.25, -0.2) is 0 Å². The number of nitrogens with zero attached hydrogens (tertiary/aromatic N) is 3. The minimum absolute atomic E-state index is 0.138. The highest BCUT2D eigenvalue weighted by Gasteiger charge is 2.40. The highest BCUT2D eigenvalue weighted by Crippen LogP contribution is 2.37. The topological polar surface area (TPSA) is 101 Å². The summed E-state index contributed by atoms with van der Waals surface area (Å²) in [6, 6.07) is 19.9. The van der Waals surface area contributed by atoms with Gasteiger partial charge >= 0.3 is 5.97 Å². The molecule has 0 aromatic heterocycles. The number of hydrogen-bond donors (Lipinski definition) is 0. The van der Waals surface area contributed by atoms with E-state index in [4.69, 9.17) is 31.2 Å². The fraction of sp³-hybridized carbons (Fsp3) is 0.212. The van der Waals surface area contributed by atoms with Crippen molar-refractivity contribution < 1.29 is 28.5 Å². The van der Waals surface area contributed by atoms with Gasteiger partial charge in [-0.2, -0.15) is 5.26 Å². The molecule has 3 aromatic carbocycles. The molecular weight excluding hydrogens is 566 g/mol. The van der Waals surface area contributed by atoms with Gasteiger partial charge in [-0.1, -0.05) is 24.3 Å². The summed E-state index contributed by atoms with van der Waals surface area (Å²) in [4.78, 5) is 29.0. The van der Waals surface area contributed by atoms with Crippen molar-refractivity contribution in [2.24, 2.45) is 0 Å².